The van der Waals surface area contributed by atoms with Gasteiger partial charge in [-0.05, 0) is 36.6 Å². The standard InChI is InChI=1S/C21H28N2O2.CH2O2/c1-15(2)19-13-17(24)14-21(25-19)8-11-23(12-9-21)20-18-6-4-3-5-16(18)7-10-22-20;2-1-3/h3-7,10,15,17,19,24H,8-9,11-14H2,1-2H3;1H,(H,2,3)/t17-,19-;/m1./s1. The van der Waals surface area contributed by atoms with Crippen LogP contribution in [-0.2, 0) is 9.53 Å². The number of aliphatic hydroxyl groups excluding tert-OH is 1. The molecule has 1 aromatic carbocycles. The number of fused-ring (bicyclic) bond motifs is 1. The van der Waals surface area contributed by atoms with Gasteiger partial charge in [-0.1, -0.05) is 38.1 Å². The van der Waals surface area contributed by atoms with Crippen molar-refractivity contribution < 1.29 is 19.7 Å². The van der Waals surface area contributed by atoms with E-state index in [9.17, 15) is 5.11 Å². The van der Waals surface area contributed by atoms with E-state index in [1.165, 1.54) is 10.8 Å². The third kappa shape index (κ3) is 4.45. The second-order valence-corrected chi connectivity index (χ2v) is 8.13. The zero-order valence-electron chi connectivity index (χ0n) is 16.6. The van der Waals surface area contributed by atoms with Gasteiger partial charge >= 0.3 is 0 Å². The molecule has 2 saturated heterocycles. The Bertz CT molecular complexity index is 782. The molecule has 0 amide bonds. The first-order valence-corrected chi connectivity index (χ1v) is 10.0. The molecular formula is C22H30N2O4. The smallest absolute Gasteiger partial charge is 0.290 e. The molecule has 2 N–H and O–H groups in total. The van der Waals surface area contributed by atoms with Crippen molar-refractivity contribution in [2.75, 3.05) is 18.0 Å². The van der Waals surface area contributed by atoms with Crippen molar-refractivity contribution in [3.05, 3.63) is 36.5 Å². The largest absolute Gasteiger partial charge is 0.483 e. The molecule has 2 fully saturated rings. The Hall–Kier alpha value is -2.18. The first-order chi connectivity index (χ1) is 13.5. The predicted molar refractivity (Wildman–Crippen MR) is 110 cm³/mol. The highest BCUT2D eigenvalue weighted by atomic mass is 16.5. The highest BCUT2D eigenvalue weighted by Crippen LogP contribution is 2.40. The molecular weight excluding hydrogens is 356 g/mol. The maximum atomic E-state index is 10.4. The molecule has 152 valence electrons. The Balaban J connectivity index is 0.000000706. The molecule has 1 aromatic heterocycles. The summed E-state index contributed by atoms with van der Waals surface area (Å²) >= 11 is 0. The number of rotatable bonds is 2. The third-order valence-electron chi connectivity index (χ3n) is 5.88. The molecule has 0 radical (unpaired) electrons. The zero-order chi connectivity index (χ0) is 20.1. The highest BCUT2D eigenvalue weighted by Gasteiger charge is 2.44. The summed E-state index contributed by atoms with van der Waals surface area (Å²) < 4.78 is 6.51. The van der Waals surface area contributed by atoms with Crippen molar-refractivity contribution in [3.63, 3.8) is 0 Å². The van der Waals surface area contributed by atoms with Gasteiger partial charge in [0.2, 0.25) is 0 Å². The lowest BCUT2D eigenvalue weighted by Crippen LogP contribution is -2.54. The third-order valence-corrected chi connectivity index (χ3v) is 5.88. The summed E-state index contributed by atoms with van der Waals surface area (Å²) in [5.74, 6) is 1.52. The van der Waals surface area contributed by atoms with E-state index in [4.69, 9.17) is 14.6 Å². The number of aromatic nitrogens is 1. The van der Waals surface area contributed by atoms with Gasteiger partial charge in [0, 0.05) is 31.1 Å². The Kier molecular flexibility index (Phi) is 6.52. The second-order valence-electron chi connectivity index (χ2n) is 8.13. The minimum absolute atomic E-state index is 0.159. The lowest BCUT2D eigenvalue weighted by molar-refractivity contribution is -0.183. The molecule has 2 aliphatic rings. The van der Waals surface area contributed by atoms with Gasteiger partial charge in [-0.25, -0.2) is 4.98 Å². The Morgan fingerprint density at radius 1 is 1.25 bits per heavy atom. The van der Waals surface area contributed by atoms with Gasteiger partial charge in [-0.15, -0.1) is 0 Å². The lowest BCUT2D eigenvalue weighted by atomic mass is 9.80. The molecule has 0 unspecified atom stereocenters. The van der Waals surface area contributed by atoms with Crippen LogP contribution in [-0.4, -0.2) is 52.6 Å². The number of nitrogens with zero attached hydrogens (tertiary/aromatic N) is 2. The van der Waals surface area contributed by atoms with E-state index in [1.807, 2.05) is 6.20 Å². The quantitative estimate of drug-likeness (QED) is 0.769. The highest BCUT2D eigenvalue weighted by molar-refractivity contribution is 5.92. The van der Waals surface area contributed by atoms with Gasteiger partial charge in [0.25, 0.3) is 6.47 Å². The van der Waals surface area contributed by atoms with Crippen LogP contribution in [0.4, 0.5) is 5.82 Å². The van der Waals surface area contributed by atoms with Crippen molar-refractivity contribution in [2.45, 2.75) is 57.3 Å². The van der Waals surface area contributed by atoms with E-state index >= 15 is 0 Å². The number of hydrogen-bond acceptors (Lipinski definition) is 5. The summed E-state index contributed by atoms with van der Waals surface area (Å²) in [4.78, 5) is 15.4. The normalized spacial score (nSPS) is 24.1. The Labute approximate surface area is 166 Å². The van der Waals surface area contributed by atoms with E-state index in [-0.39, 0.29) is 24.3 Å². The monoisotopic (exact) mass is 386 g/mol. The van der Waals surface area contributed by atoms with Crippen LogP contribution < -0.4 is 4.90 Å². The van der Waals surface area contributed by atoms with Crippen LogP contribution in [0.5, 0.6) is 0 Å². The molecule has 0 aliphatic carbocycles. The molecule has 3 heterocycles. The molecule has 28 heavy (non-hydrogen) atoms. The fourth-order valence-corrected chi connectivity index (χ4v) is 4.41. The van der Waals surface area contributed by atoms with Gasteiger partial charge < -0.3 is 19.8 Å². The fraction of sp³-hybridized carbons (Fsp3) is 0.545. The minimum atomic E-state index is -0.250. The average Bonchev–Trinajstić information content (AvgIpc) is 2.68. The van der Waals surface area contributed by atoms with Crippen molar-refractivity contribution in [3.8, 4) is 0 Å². The summed E-state index contributed by atoms with van der Waals surface area (Å²) in [5.41, 5.74) is -0.159. The minimum Gasteiger partial charge on any atom is -0.483 e. The van der Waals surface area contributed by atoms with Crippen LogP contribution in [0.1, 0.15) is 39.5 Å². The van der Waals surface area contributed by atoms with Crippen LogP contribution in [0, 0.1) is 5.92 Å². The van der Waals surface area contributed by atoms with Gasteiger partial charge in [-0.3, -0.25) is 4.79 Å². The molecule has 0 saturated carbocycles. The van der Waals surface area contributed by atoms with E-state index < -0.39 is 0 Å². The molecule has 2 atom stereocenters. The summed E-state index contributed by atoms with van der Waals surface area (Å²) in [6.45, 7) is 5.98. The SMILES string of the molecule is CC(C)[C@H]1C[C@@H](O)CC2(CCN(c3nccc4ccccc34)CC2)O1.O=CO. The van der Waals surface area contributed by atoms with Crippen LogP contribution in [0.3, 0.4) is 0 Å². The van der Waals surface area contributed by atoms with E-state index in [1.54, 1.807) is 0 Å². The van der Waals surface area contributed by atoms with E-state index in [0.717, 1.165) is 44.6 Å². The van der Waals surface area contributed by atoms with Crippen molar-refractivity contribution in [1.29, 1.82) is 0 Å². The number of anilines is 1. The van der Waals surface area contributed by atoms with E-state index in [2.05, 4.69) is 54.1 Å². The summed E-state index contributed by atoms with van der Waals surface area (Å²) in [5, 5.41) is 19.7. The Morgan fingerprint density at radius 2 is 1.93 bits per heavy atom. The number of pyridine rings is 1. The maximum Gasteiger partial charge on any atom is 0.290 e. The van der Waals surface area contributed by atoms with Gasteiger partial charge in [0.1, 0.15) is 5.82 Å². The Morgan fingerprint density at radius 3 is 2.61 bits per heavy atom. The van der Waals surface area contributed by atoms with Gasteiger partial charge in [0.15, 0.2) is 0 Å². The molecule has 6 nitrogen and oxygen atoms in total. The van der Waals surface area contributed by atoms with Crippen molar-refractivity contribution in [2.24, 2.45) is 5.92 Å². The van der Waals surface area contributed by atoms with Crippen molar-refractivity contribution in [1.82, 2.24) is 4.98 Å². The molecule has 2 aromatic rings. The average molecular weight is 386 g/mol. The number of aliphatic hydroxyl groups is 1. The topological polar surface area (TPSA) is 82.9 Å². The lowest BCUT2D eigenvalue weighted by Gasteiger charge is -2.49. The molecule has 4 rings (SSSR count). The number of hydrogen-bond donors (Lipinski definition) is 2. The molecule has 1 spiro atoms. The maximum absolute atomic E-state index is 10.4. The fourth-order valence-electron chi connectivity index (χ4n) is 4.41. The number of piperidine rings is 1. The number of carboxylic acid groups (broad SMARTS) is 1. The van der Waals surface area contributed by atoms with Gasteiger partial charge in [-0.2, -0.15) is 0 Å². The summed E-state index contributed by atoms with van der Waals surface area (Å²) in [6, 6.07) is 10.5. The molecule has 0 bridgehead atoms. The second kappa shape index (κ2) is 8.88. The van der Waals surface area contributed by atoms with Crippen LogP contribution in [0.25, 0.3) is 10.8 Å². The number of benzene rings is 1. The zero-order valence-corrected chi connectivity index (χ0v) is 16.6. The number of carbonyl (C=O) groups is 1. The predicted octanol–water partition coefficient (Wildman–Crippen LogP) is 3.47. The van der Waals surface area contributed by atoms with Crippen LogP contribution in [0.15, 0.2) is 36.5 Å². The van der Waals surface area contributed by atoms with Crippen molar-refractivity contribution >= 4 is 23.1 Å². The number of ether oxygens (including phenoxy) is 1. The molecule has 2 aliphatic heterocycles. The summed E-state index contributed by atoms with van der Waals surface area (Å²) in [7, 11) is 0. The van der Waals surface area contributed by atoms with Crippen LogP contribution in [0.2, 0.25) is 0 Å². The molecule has 6 heteroatoms. The summed E-state index contributed by atoms with van der Waals surface area (Å²) in [6.07, 6.45) is 5.30. The van der Waals surface area contributed by atoms with E-state index in [0.29, 0.717) is 5.92 Å². The first-order valence-electron chi connectivity index (χ1n) is 10.0. The first kappa shape index (κ1) is 20.6. The van der Waals surface area contributed by atoms with Gasteiger partial charge in [0.05, 0.1) is 17.8 Å². The van der Waals surface area contributed by atoms with Crippen LogP contribution >= 0.6 is 0 Å².